The predicted molar refractivity (Wildman–Crippen MR) is 118 cm³/mol. The van der Waals surface area contributed by atoms with Crippen LogP contribution in [0.4, 0.5) is 0 Å². The van der Waals surface area contributed by atoms with Crippen LogP contribution in [0.5, 0.6) is 11.5 Å². The van der Waals surface area contributed by atoms with Crippen molar-refractivity contribution in [3.8, 4) is 11.5 Å². The van der Waals surface area contributed by atoms with E-state index in [1.165, 1.54) is 0 Å². The van der Waals surface area contributed by atoms with Gasteiger partial charge < -0.3 is 28.4 Å². The van der Waals surface area contributed by atoms with Crippen molar-refractivity contribution in [3.05, 3.63) is 24.3 Å². The van der Waals surface area contributed by atoms with Gasteiger partial charge in [0, 0.05) is 8.86 Å². The monoisotopic (exact) mass is 594 g/mol. The van der Waals surface area contributed by atoms with E-state index in [1.54, 1.807) is 0 Å². The molecule has 0 saturated carbocycles. The molecule has 0 saturated heterocycles. The molecule has 0 aliphatic carbocycles. The summed E-state index contributed by atoms with van der Waals surface area (Å²) in [7, 11) is 0. The summed E-state index contributed by atoms with van der Waals surface area (Å²) in [5.74, 6) is 1.42. The maximum Gasteiger partial charge on any atom is 0.161 e. The Bertz CT molecular complexity index is 397. The molecule has 26 heavy (non-hydrogen) atoms. The van der Waals surface area contributed by atoms with Crippen molar-refractivity contribution in [2.45, 2.75) is 0 Å². The first-order chi connectivity index (χ1) is 12.9. The lowest BCUT2D eigenvalue weighted by molar-refractivity contribution is 0.0381. The zero-order chi connectivity index (χ0) is 18.7. The second-order valence-corrected chi connectivity index (χ2v) is 7.13. The van der Waals surface area contributed by atoms with Gasteiger partial charge in [0.2, 0.25) is 0 Å². The van der Waals surface area contributed by atoms with Crippen LogP contribution in [0.25, 0.3) is 0 Å². The van der Waals surface area contributed by atoms with Gasteiger partial charge >= 0.3 is 0 Å². The van der Waals surface area contributed by atoms with Crippen molar-refractivity contribution in [2.75, 3.05) is 74.9 Å². The maximum absolute atomic E-state index is 5.73. The first-order valence-electron chi connectivity index (χ1n) is 8.66. The highest BCUT2D eigenvalue weighted by Crippen LogP contribution is 2.26. The Morgan fingerprint density at radius 1 is 0.500 bits per heavy atom. The highest BCUT2D eigenvalue weighted by atomic mass is 127. The summed E-state index contributed by atoms with van der Waals surface area (Å²) in [5, 5.41) is 0. The molecule has 0 spiro atoms. The van der Waals surface area contributed by atoms with Crippen molar-refractivity contribution in [1.82, 2.24) is 0 Å². The Morgan fingerprint density at radius 3 is 1.23 bits per heavy atom. The molecule has 0 fully saturated rings. The van der Waals surface area contributed by atoms with Crippen molar-refractivity contribution in [1.29, 1.82) is 0 Å². The number of halogens is 2. The molecule has 0 unspecified atom stereocenters. The fourth-order valence-electron chi connectivity index (χ4n) is 1.86. The lowest BCUT2D eigenvalue weighted by atomic mass is 10.3. The molecule has 0 heterocycles. The molecule has 0 radical (unpaired) electrons. The van der Waals surface area contributed by atoms with Gasteiger partial charge in [-0.05, 0) is 12.1 Å². The largest absolute Gasteiger partial charge is 0.487 e. The van der Waals surface area contributed by atoms with Gasteiger partial charge in [0.25, 0.3) is 0 Å². The standard InChI is InChI=1S/C18H28I2O6/c19-5-7-21-9-11-23-13-15-25-17-3-1-2-4-18(17)26-16-14-24-12-10-22-8-6-20/h1-4H,5-16H2. The van der Waals surface area contributed by atoms with E-state index in [9.17, 15) is 0 Å². The van der Waals surface area contributed by atoms with Gasteiger partial charge in [0.15, 0.2) is 11.5 Å². The number of ether oxygens (including phenoxy) is 6. The molecule has 150 valence electrons. The Balaban J connectivity index is 2.10. The van der Waals surface area contributed by atoms with E-state index in [1.807, 2.05) is 24.3 Å². The number of benzene rings is 1. The quantitative estimate of drug-likeness (QED) is 0.148. The fourth-order valence-corrected chi connectivity index (χ4v) is 2.49. The molecule has 0 bridgehead atoms. The average molecular weight is 594 g/mol. The second kappa shape index (κ2) is 18.5. The lowest BCUT2D eigenvalue weighted by Gasteiger charge is -2.13. The third-order valence-electron chi connectivity index (χ3n) is 3.01. The molecular formula is C18H28I2O6. The molecule has 1 aromatic rings. The Morgan fingerprint density at radius 2 is 0.846 bits per heavy atom. The zero-order valence-corrected chi connectivity index (χ0v) is 19.3. The highest BCUT2D eigenvalue weighted by Gasteiger charge is 2.04. The first kappa shape index (κ1) is 24.2. The molecule has 0 aromatic heterocycles. The predicted octanol–water partition coefficient (Wildman–Crippen LogP) is 3.38. The fraction of sp³-hybridized carbons (Fsp3) is 0.667. The molecule has 1 aromatic carbocycles. The van der Waals surface area contributed by atoms with Crippen LogP contribution in [0.1, 0.15) is 0 Å². The maximum atomic E-state index is 5.73. The van der Waals surface area contributed by atoms with Crippen molar-refractivity contribution in [3.63, 3.8) is 0 Å². The van der Waals surface area contributed by atoms with E-state index < -0.39 is 0 Å². The Labute approximate surface area is 183 Å². The molecular weight excluding hydrogens is 566 g/mol. The number of para-hydroxylation sites is 2. The van der Waals surface area contributed by atoms with Gasteiger partial charge in [-0.1, -0.05) is 57.3 Å². The van der Waals surface area contributed by atoms with Crippen LogP contribution in [-0.2, 0) is 18.9 Å². The third kappa shape index (κ3) is 13.3. The van der Waals surface area contributed by atoms with Crippen molar-refractivity contribution in [2.24, 2.45) is 0 Å². The number of hydrogen-bond acceptors (Lipinski definition) is 6. The van der Waals surface area contributed by atoms with E-state index in [4.69, 9.17) is 28.4 Å². The highest BCUT2D eigenvalue weighted by molar-refractivity contribution is 14.1. The van der Waals surface area contributed by atoms with E-state index in [2.05, 4.69) is 45.2 Å². The topological polar surface area (TPSA) is 55.4 Å². The number of hydrogen-bond donors (Lipinski definition) is 0. The van der Waals surface area contributed by atoms with E-state index >= 15 is 0 Å². The minimum atomic E-state index is 0.470. The minimum Gasteiger partial charge on any atom is -0.487 e. The van der Waals surface area contributed by atoms with Crippen molar-refractivity contribution < 1.29 is 28.4 Å². The third-order valence-corrected chi connectivity index (χ3v) is 3.89. The second-order valence-electron chi connectivity index (χ2n) is 4.97. The molecule has 0 aliphatic rings. The molecule has 0 N–H and O–H groups in total. The summed E-state index contributed by atoms with van der Waals surface area (Å²) in [6.07, 6.45) is 0. The van der Waals surface area contributed by atoms with Crippen LogP contribution in [0.3, 0.4) is 0 Å². The molecule has 1 rings (SSSR count). The van der Waals surface area contributed by atoms with Gasteiger partial charge in [-0.25, -0.2) is 0 Å². The van der Waals surface area contributed by atoms with Crippen LogP contribution >= 0.6 is 45.2 Å². The van der Waals surface area contributed by atoms with Crippen LogP contribution < -0.4 is 9.47 Å². The van der Waals surface area contributed by atoms with Crippen LogP contribution in [0.2, 0.25) is 0 Å². The van der Waals surface area contributed by atoms with Gasteiger partial charge in [0.05, 0.1) is 52.9 Å². The van der Waals surface area contributed by atoms with E-state index in [-0.39, 0.29) is 0 Å². The number of rotatable bonds is 18. The lowest BCUT2D eigenvalue weighted by Crippen LogP contribution is -2.13. The van der Waals surface area contributed by atoms with Gasteiger partial charge in [0.1, 0.15) is 13.2 Å². The van der Waals surface area contributed by atoms with E-state index in [0.717, 1.165) is 22.1 Å². The SMILES string of the molecule is ICCOCCOCCOc1ccccc1OCCOCCOCCI. The van der Waals surface area contributed by atoms with E-state index in [0.29, 0.717) is 64.4 Å². The summed E-state index contributed by atoms with van der Waals surface area (Å²) in [6.45, 7) is 5.89. The zero-order valence-electron chi connectivity index (χ0n) is 15.0. The Kier molecular flexibility index (Phi) is 17.2. The van der Waals surface area contributed by atoms with Crippen LogP contribution in [0, 0.1) is 0 Å². The summed E-state index contributed by atoms with van der Waals surface area (Å²) in [5.41, 5.74) is 0. The Hall–Kier alpha value is 0.120. The normalized spacial score (nSPS) is 10.8. The van der Waals surface area contributed by atoms with Crippen LogP contribution in [0.15, 0.2) is 24.3 Å². The molecule has 0 aliphatic heterocycles. The summed E-state index contributed by atoms with van der Waals surface area (Å²) in [6, 6.07) is 7.61. The summed E-state index contributed by atoms with van der Waals surface area (Å²) in [4.78, 5) is 0. The van der Waals surface area contributed by atoms with Gasteiger partial charge in [-0.15, -0.1) is 0 Å². The summed E-state index contributed by atoms with van der Waals surface area (Å²) >= 11 is 4.56. The minimum absolute atomic E-state index is 0.470. The number of alkyl halides is 2. The summed E-state index contributed by atoms with van der Waals surface area (Å²) < 4.78 is 35.1. The molecule has 0 atom stereocenters. The smallest absolute Gasteiger partial charge is 0.161 e. The van der Waals surface area contributed by atoms with Crippen molar-refractivity contribution >= 4 is 45.2 Å². The molecule has 0 amide bonds. The first-order valence-corrected chi connectivity index (χ1v) is 11.7. The van der Waals surface area contributed by atoms with Gasteiger partial charge in [-0.2, -0.15) is 0 Å². The van der Waals surface area contributed by atoms with Crippen LogP contribution in [-0.4, -0.2) is 74.9 Å². The average Bonchev–Trinajstić information content (AvgIpc) is 2.67. The molecule has 6 nitrogen and oxygen atoms in total. The van der Waals surface area contributed by atoms with Gasteiger partial charge in [-0.3, -0.25) is 0 Å². The molecule has 8 heteroatoms.